The maximum Gasteiger partial charge on any atom is 0.412 e. The Balaban J connectivity index is 1.84. The number of anilines is 1. The lowest BCUT2D eigenvalue weighted by molar-refractivity contribution is -0.0144. The molecule has 0 radical (unpaired) electrons. The van der Waals surface area contributed by atoms with Crippen LogP contribution in [0, 0.1) is 6.92 Å². The number of rotatable bonds is 7. The molecule has 29 heavy (non-hydrogen) atoms. The maximum atomic E-state index is 12.8. The van der Waals surface area contributed by atoms with Crippen LogP contribution in [0.4, 0.5) is 10.5 Å². The van der Waals surface area contributed by atoms with Crippen molar-refractivity contribution in [3.05, 3.63) is 71.3 Å². The first-order chi connectivity index (χ1) is 13.9. The van der Waals surface area contributed by atoms with E-state index in [1.807, 2.05) is 44.2 Å². The van der Waals surface area contributed by atoms with Crippen molar-refractivity contribution in [1.82, 2.24) is 0 Å². The highest BCUT2D eigenvalue weighted by Crippen LogP contribution is 2.31. The van der Waals surface area contributed by atoms with E-state index in [1.165, 1.54) is 12.1 Å². The van der Waals surface area contributed by atoms with Crippen LogP contribution in [0.1, 0.15) is 23.6 Å². The second kappa shape index (κ2) is 9.21. The molecule has 0 spiro atoms. The largest absolute Gasteiger partial charge is 0.444 e. The van der Waals surface area contributed by atoms with Crippen LogP contribution < -0.4 is 5.32 Å². The summed E-state index contributed by atoms with van der Waals surface area (Å²) in [4.78, 5) is 12.2. The van der Waals surface area contributed by atoms with Gasteiger partial charge in [-0.05, 0) is 42.2 Å². The molecule has 1 amide bonds. The minimum atomic E-state index is -4.18. The van der Waals surface area contributed by atoms with E-state index < -0.39 is 22.5 Å². The molecule has 0 fully saturated rings. The van der Waals surface area contributed by atoms with Crippen LogP contribution in [0.15, 0.2) is 59.5 Å². The van der Waals surface area contributed by atoms with E-state index in [-0.39, 0.29) is 23.8 Å². The molecule has 8 heteroatoms. The summed E-state index contributed by atoms with van der Waals surface area (Å²) in [5, 5.41) is 2.59. The van der Waals surface area contributed by atoms with E-state index in [4.69, 9.17) is 13.7 Å². The minimum Gasteiger partial charge on any atom is -0.444 e. The Morgan fingerprint density at radius 1 is 1.21 bits per heavy atom. The number of amides is 1. The molecule has 0 unspecified atom stereocenters. The Morgan fingerprint density at radius 2 is 1.97 bits per heavy atom. The molecule has 1 heterocycles. The van der Waals surface area contributed by atoms with Crippen LogP contribution >= 0.6 is 0 Å². The first kappa shape index (κ1) is 21.0. The van der Waals surface area contributed by atoms with Gasteiger partial charge in [-0.3, -0.25) is 5.32 Å². The van der Waals surface area contributed by atoms with Crippen molar-refractivity contribution in [1.29, 1.82) is 0 Å². The topological polar surface area (TPSA) is 90.9 Å². The average Bonchev–Trinajstić information content (AvgIpc) is 3.19. The van der Waals surface area contributed by atoms with E-state index in [0.29, 0.717) is 12.0 Å². The number of nitrogens with one attached hydrogen (secondary N) is 1. The zero-order valence-electron chi connectivity index (χ0n) is 16.3. The number of carbonyl (C=O) groups is 1. The molecule has 0 bridgehead atoms. The molecular weight excluding hydrogens is 394 g/mol. The fraction of sp³-hybridized carbons (Fsp3) is 0.286. The monoisotopic (exact) mass is 417 g/mol. The maximum absolute atomic E-state index is 12.8. The fourth-order valence-electron chi connectivity index (χ4n) is 3.00. The molecule has 1 atom stereocenters. The predicted molar refractivity (Wildman–Crippen MR) is 108 cm³/mol. The van der Waals surface area contributed by atoms with Gasteiger partial charge in [0, 0.05) is 0 Å². The lowest BCUT2D eigenvalue weighted by Gasteiger charge is -2.18. The molecule has 1 N–H and O–H groups in total. The standard InChI is InChI=1S/C21H23NO6S/c1-3-17-15(2)11-12-18(29(24,25)28-19-10-7-13-26-19)20(17)22-21(23)27-14-16-8-5-4-6-9-16/h4-12,19H,3,13-14H2,1-2H3,(H,22,23)/t19-/m0/s1. The van der Waals surface area contributed by atoms with Gasteiger partial charge in [-0.15, -0.1) is 0 Å². The molecule has 7 nitrogen and oxygen atoms in total. The van der Waals surface area contributed by atoms with Gasteiger partial charge < -0.3 is 9.47 Å². The van der Waals surface area contributed by atoms with Crippen molar-refractivity contribution >= 4 is 21.9 Å². The Bertz CT molecular complexity index is 1000. The summed E-state index contributed by atoms with van der Waals surface area (Å²) in [6, 6.07) is 12.3. The summed E-state index contributed by atoms with van der Waals surface area (Å²) < 4.78 is 41.2. The van der Waals surface area contributed by atoms with Gasteiger partial charge in [-0.25, -0.2) is 8.98 Å². The van der Waals surface area contributed by atoms with E-state index in [1.54, 1.807) is 12.1 Å². The molecule has 2 aromatic rings. The molecule has 1 aliphatic rings. The molecule has 0 aromatic heterocycles. The highest BCUT2D eigenvalue weighted by Gasteiger charge is 2.28. The second-order valence-corrected chi connectivity index (χ2v) is 8.00. The van der Waals surface area contributed by atoms with Crippen LogP contribution in [0.5, 0.6) is 0 Å². The quantitative estimate of drug-likeness (QED) is 0.542. The number of benzene rings is 2. The highest BCUT2D eigenvalue weighted by molar-refractivity contribution is 7.87. The summed E-state index contributed by atoms with van der Waals surface area (Å²) in [6.07, 6.45) is 1.98. The number of ether oxygens (including phenoxy) is 2. The first-order valence-electron chi connectivity index (χ1n) is 9.22. The molecule has 1 aliphatic heterocycles. The summed E-state index contributed by atoms with van der Waals surface area (Å²) in [7, 11) is -4.18. The number of hydrogen-bond acceptors (Lipinski definition) is 6. The Labute approximate surface area is 170 Å². The van der Waals surface area contributed by atoms with Crippen LogP contribution in [0.3, 0.4) is 0 Å². The minimum absolute atomic E-state index is 0.0687. The van der Waals surface area contributed by atoms with Crippen molar-refractivity contribution in [2.45, 2.75) is 38.1 Å². The van der Waals surface area contributed by atoms with Crippen molar-refractivity contribution in [3.8, 4) is 0 Å². The SMILES string of the molecule is CCc1c(C)ccc(S(=O)(=O)O[C@H]2C=CCO2)c1NC(=O)OCc1ccccc1. The third kappa shape index (κ3) is 5.23. The fourth-order valence-corrected chi connectivity index (χ4v) is 4.13. The number of hydrogen-bond donors (Lipinski definition) is 1. The third-order valence-electron chi connectivity index (χ3n) is 4.44. The van der Waals surface area contributed by atoms with Crippen molar-refractivity contribution in [2.75, 3.05) is 11.9 Å². The molecule has 154 valence electrons. The highest BCUT2D eigenvalue weighted by atomic mass is 32.2. The third-order valence-corrected chi connectivity index (χ3v) is 5.76. The molecular formula is C21H23NO6S. The Kier molecular flexibility index (Phi) is 6.68. The second-order valence-electron chi connectivity index (χ2n) is 6.45. The first-order valence-corrected chi connectivity index (χ1v) is 10.6. The van der Waals surface area contributed by atoms with Gasteiger partial charge in [-0.1, -0.05) is 49.4 Å². The molecule has 3 rings (SSSR count). The zero-order valence-corrected chi connectivity index (χ0v) is 17.1. The molecule has 0 saturated heterocycles. The van der Waals surface area contributed by atoms with E-state index >= 15 is 0 Å². The van der Waals surface area contributed by atoms with Crippen molar-refractivity contribution in [2.24, 2.45) is 0 Å². The van der Waals surface area contributed by atoms with Crippen LogP contribution in [0.2, 0.25) is 0 Å². The van der Waals surface area contributed by atoms with Crippen LogP contribution in [-0.2, 0) is 36.8 Å². The van der Waals surface area contributed by atoms with Gasteiger partial charge in [0.25, 0.3) is 0 Å². The summed E-state index contributed by atoms with van der Waals surface area (Å²) in [6.45, 7) is 4.08. The van der Waals surface area contributed by atoms with Crippen molar-refractivity contribution in [3.63, 3.8) is 0 Å². The zero-order chi connectivity index (χ0) is 20.9. The average molecular weight is 417 g/mol. The van der Waals surface area contributed by atoms with E-state index in [0.717, 1.165) is 11.1 Å². The van der Waals surface area contributed by atoms with Gasteiger partial charge >= 0.3 is 16.2 Å². The van der Waals surface area contributed by atoms with Crippen LogP contribution in [0.25, 0.3) is 0 Å². The number of carbonyl (C=O) groups excluding carboxylic acids is 1. The summed E-state index contributed by atoms with van der Waals surface area (Å²) in [5.41, 5.74) is 2.52. The van der Waals surface area contributed by atoms with Gasteiger partial charge in [0.1, 0.15) is 11.5 Å². The van der Waals surface area contributed by atoms with Gasteiger partial charge in [0.05, 0.1) is 12.3 Å². The van der Waals surface area contributed by atoms with E-state index in [9.17, 15) is 13.2 Å². The van der Waals surface area contributed by atoms with Crippen LogP contribution in [-0.4, -0.2) is 27.4 Å². The summed E-state index contributed by atoms with van der Waals surface area (Å²) >= 11 is 0. The van der Waals surface area contributed by atoms with Crippen molar-refractivity contribution < 1.29 is 26.9 Å². The van der Waals surface area contributed by atoms with E-state index in [2.05, 4.69) is 5.32 Å². The number of aryl methyl sites for hydroxylation is 1. The van der Waals surface area contributed by atoms with Gasteiger partial charge in [0.15, 0.2) is 6.29 Å². The lowest BCUT2D eigenvalue weighted by Crippen LogP contribution is -2.21. The normalized spacial score (nSPS) is 16.0. The lowest BCUT2D eigenvalue weighted by atomic mass is 10.0. The van der Waals surface area contributed by atoms with Gasteiger partial charge in [0.2, 0.25) is 0 Å². The van der Waals surface area contributed by atoms with Gasteiger partial charge in [-0.2, -0.15) is 8.42 Å². The molecule has 0 aliphatic carbocycles. The predicted octanol–water partition coefficient (Wildman–Crippen LogP) is 3.92. The smallest absolute Gasteiger partial charge is 0.412 e. The molecule has 2 aromatic carbocycles. The Hall–Kier alpha value is -2.68. The summed E-state index contributed by atoms with van der Waals surface area (Å²) in [5.74, 6) is 0. The molecule has 0 saturated carbocycles. The Morgan fingerprint density at radius 3 is 2.62 bits per heavy atom.